The van der Waals surface area contributed by atoms with Crippen molar-refractivity contribution in [3.05, 3.63) is 36.5 Å². The van der Waals surface area contributed by atoms with Crippen LogP contribution >= 0.6 is 0 Å². The van der Waals surface area contributed by atoms with E-state index < -0.39 is 78.5 Å². The summed E-state index contributed by atoms with van der Waals surface area (Å²) >= 11 is 0. The van der Waals surface area contributed by atoms with Gasteiger partial charge in [-0.3, -0.25) is 9.35 Å². The summed E-state index contributed by atoms with van der Waals surface area (Å²) in [5.41, 5.74) is 0. The minimum Gasteiger partial charge on any atom is -0.394 e. The van der Waals surface area contributed by atoms with Gasteiger partial charge in [0.25, 0.3) is 0 Å². The van der Waals surface area contributed by atoms with Crippen LogP contribution in [0.1, 0.15) is 239 Å². The molecule has 400 valence electrons. The molecule has 8 unspecified atom stereocenters. The quantitative estimate of drug-likeness (QED) is 0.0172. The Hall–Kier alpha value is -1.72. The molecular formula is C54H101NO12S. The predicted molar refractivity (Wildman–Crippen MR) is 274 cm³/mol. The number of hydrogen-bond acceptors (Lipinski definition) is 11. The van der Waals surface area contributed by atoms with Crippen LogP contribution in [0.5, 0.6) is 0 Å². The summed E-state index contributed by atoms with van der Waals surface area (Å²) in [6.07, 6.45) is 42.2. The van der Waals surface area contributed by atoms with Crippen molar-refractivity contribution >= 4 is 16.3 Å². The van der Waals surface area contributed by atoms with Gasteiger partial charge in [-0.2, -0.15) is 8.42 Å². The second-order valence-corrected chi connectivity index (χ2v) is 20.3. The number of rotatable bonds is 47. The molecule has 1 fully saturated rings. The zero-order valence-electron chi connectivity index (χ0n) is 42.8. The average molecular weight is 988 g/mol. The standard InChI is InChI=1S/C54H101NO12S/c1-3-5-7-9-11-13-15-17-19-21-23-24-25-27-28-30-32-34-36-38-40-42-47(57)46(45-65-54-51(60)52(67-68(62,63)64)50(59)49(44-56)66-54)55-53(61)48(58)43-41-39-37-35-33-31-29-26-22-20-18-16-14-12-10-8-6-4-2/h22,26,32,34,40,42,46-52,54,56-60H,3-21,23-25,27-31,33,35-39,41,43-45H2,1-2H3,(H,55,61)(H,62,63,64)/b26-22-,34-32+,42-40+. The van der Waals surface area contributed by atoms with E-state index >= 15 is 0 Å². The molecule has 0 radical (unpaired) electrons. The van der Waals surface area contributed by atoms with Crippen LogP contribution in [-0.2, 0) is 28.9 Å². The minimum atomic E-state index is -5.13. The van der Waals surface area contributed by atoms with E-state index in [-0.39, 0.29) is 6.42 Å². The average Bonchev–Trinajstić information content (AvgIpc) is 3.31. The summed E-state index contributed by atoms with van der Waals surface area (Å²) in [6.45, 7) is 3.23. The highest BCUT2D eigenvalue weighted by Gasteiger charge is 2.48. The fourth-order valence-electron chi connectivity index (χ4n) is 8.65. The van der Waals surface area contributed by atoms with E-state index in [2.05, 4.69) is 47.7 Å². The molecule has 0 aromatic carbocycles. The lowest BCUT2D eigenvalue weighted by molar-refractivity contribution is -0.298. The van der Waals surface area contributed by atoms with Crippen molar-refractivity contribution in [2.45, 2.75) is 288 Å². The number of aliphatic hydroxyl groups is 5. The molecule has 1 amide bonds. The van der Waals surface area contributed by atoms with Crippen LogP contribution in [0, 0.1) is 0 Å². The van der Waals surface area contributed by atoms with Gasteiger partial charge in [-0.1, -0.05) is 217 Å². The van der Waals surface area contributed by atoms with Gasteiger partial charge in [0.05, 0.1) is 25.4 Å². The highest BCUT2D eigenvalue weighted by molar-refractivity contribution is 7.80. The Morgan fingerprint density at radius 2 is 0.985 bits per heavy atom. The molecular weight excluding hydrogens is 887 g/mol. The first-order valence-electron chi connectivity index (χ1n) is 27.5. The number of allylic oxidation sites excluding steroid dienone is 5. The van der Waals surface area contributed by atoms with Crippen molar-refractivity contribution in [2.75, 3.05) is 13.2 Å². The number of aliphatic hydroxyl groups excluding tert-OH is 5. The Labute approximate surface area is 414 Å². The number of carbonyl (C=O) groups is 1. The highest BCUT2D eigenvalue weighted by atomic mass is 32.3. The summed E-state index contributed by atoms with van der Waals surface area (Å²) in [4.78, 5) is 13.2. The smallest absolute Gasteiger partial charge is 0.394 e. The van der Waals surface area contributed by atoms with Gasteiger partial charge in [-0.25, -0.2) is 4.18 Å². The maximum atomic E-state index is 13.2. The summed E-state index contributed by atoms with van der Waals surface area (Å²) in [7, 11) is -5.13. The molecule has 1 aliphatic heterocycles. The molecule has 0 bridgehead atoms. The van der Waals surface area contributed by atoms with Gasteiger partial charge in [-0.05, 0) is 57.8 Å². The van der Waals surface area contributed by atoms with E-state index in [0.717, 1.165) is 64.2 Å². The van der Waals surface area contributed by atoms with Gasteiger partial charge in [0.1, 0.15) is 30.5 Å². The molecule has 0 aromatic heterocycles. The van der Waals surface area contributed by atoms with Crippen LogP contribution in [0.25, 0.3) is 0 Å². The monoisotopic (exact) mass is 988 g/mol. The zero-order valence-corrected chi connectivity index (χ0v) is 43.6. The number of nitrogens with one attached hydrogen (secondary N) is 1. The summed E-state index contributed by atoms with van der Waals surface area (Å²) in [5, 5.41) is 55.4. The SMILES string of the molecule is CCCCCCCCCC/C=C\CCCCCCCCC(O)C(=O)NC(COC1OC(CO)C(O)C(OS(=O)(=O)O)C1O)C(O)/C=C/CC/C=C/CCCCCCCCCCCCCCCCC. The van der Waals surface area contributed by atoms with E-state index in [0.29, 0.717) is 12.8 Å². The normalized spacial score (nSPS) is 20.5. The third kappa shape index (κ3) is 35.4. The first kappa shape index (κ1) is 64.3. The number of carbonyl (C=O) groups excluding carboxylic acids is 1. The van der Waals surface area contributed by atoms with Gasteiger partial charge in [0.15, 0.2) is 6.29 Å². The molecule has 1 saturated heterocycles. The fourth-order valence-corrected chi connectivity index (χ4v) is 9.16. The molecule has 7 N–H and O–H groups in total. The second-order valence-electron chi connectivity index (χ2n) is 19.3. The van der Waals surface area contributed by atoms with Crippen LogP contribution in [-0.4, -0.2) is 107 Å². The first-order chi connectivity index (χ1) is 32.9. The number of amides is 1. The van der Waals surface area contributed by atoms with Crippen LogP contribution in [0.4, 0.5) is 0 Å². The van der Waals surface area contributed by atoms with Crippen molar-refractivity contribution in [2.24, 2.45) is 0 Å². The van der Waals surface area contributed by atoms with E-state index in [1.54, 1.807) is 6.08 Å². The van der Waals surface area contributed by atoms with Crippen molar-refractivity contribution in [3.63, 3.8) is 0 Å². The molecule has 0 aromatic rings. The van der Waals surface area contributed by atoms with Crippen LogP contribution in [0.15, 0.2) is 36.5 Å². The van der Waals surface area contributed by atoms with E-state index in [1.807, 2.05) is 0 Å². The predicted octanol–water partition coefficient (Wildman–Crippen LogP) is 11.2. The van der Waals surface area contributed by atoms with E-state index in [4.69, 9.17) is 9.47 Å². The van der Waals surface area contributed by atoms with E-state index in [9.17, 15) is 43.3 Å². The maximum Gasteiger partial charge on any atom is 0.397 e. The molecule has 14 heteroatoms. The van der Waals surface area contributed by atoms with Crippen molar-refractivity contribution in [1.29, 1.82) is 0 Å². The third-order valence-electron chi connectivity index (χ3n) is 13.0. The lowest BCUT2D eigenvalue weighted by Crippen LogP contribution is -2.61. The number of hydrogen-bond donors (Lipinski definition) is 7. The number of ether oxygens (including phenoxy) is 2. The fraction of sp³-hybridized carbons (Fsp3) is 0.870. The van der Waals surface area contributed by atoms with Gasteiger partial charge in [-0.15, -0.1) is 0 Å². The molecule has 0 aliphatic carbocycles. The topological polar surface area (TPSA) is 212 Å². The molecule has 1 heterocycles. The van der Waals surface area contributed by atoms with Crippen molar-refractivity contribution < 1.29 is 57.0 Å². The van der Waals surface area contributed by atoms with Crippen LogP contribution < -0.4 is 5.32 Å². The lowest BCUT2D eigenvalue weighted by Gasteiger charge is -2.41. The Kier molecular flexibility index (Phi) is 41.6. The lowest BCUT2D eigenvalue weighted by atomic mass is 9.99. The third-order valence-corrected chi connectivity index (χ3v) is 13.5. The summed E-state index contributed by atoms with van der Waals surface area (Å²) in [5.74, 6) is -0.715. The molecule has 1 aliphatic rings. The van der Waals surface area contributed by atoms with Gasteiger partial charge in [0.2, 0.25) is 5.91 Å². The van der Waals surface area contributed by atoms with Crippen LogP contribution in [0.2, 0.25) is 0 Å². The van der Waals surface area contributed by atoms with Crippen LogP contribution in [0.3, 0.4) is 0 Å². The first-order valence-corrected chi connectivity index (χ1v) is 28.8. The Balaban J connectivity index is 2.51. The Morgan fingerprint density at radius 3 is 1.41 bits per heavy atom. The van der Waals surface area contributed by atoms with Gasteiger partial charge in [0, 0.05) is 0 Å². The van der Waals surface area contributed by atoms with E-state index in [1.165, 1.54) is 147 Å². The molecule has 0 spiro atoms. The van der Waals surface area contributed by atoms with Crippen molar-refractivity contribution in [3.8, 4) is 0 Å². The Morgan fingerprint density at radius 1 is 0.588 bits per heavy atom. The number of unbranched alkanes of at least 4 members (excludes halogenated alkanes) is 30. The highest BCUT2D eigenvalue weighted by Crippen LogP contribution is 2.26. The zero-order chi connectivity index (χ0) is 49.9. The molecule has 13 nitrogen and oxygen atoms in total. The minimum absolute atomic E-state index is 0.230. The molecule has 0 saturated carbocycles. The molecule has 1 rings (SSSR count). The van der Waals surface area contributed by atoms with Gasteiger partial charge >= 0.3 is 10.4 Å². The summed E-state index contributed by atoms with van der Waals surface area (Å²) < 4.78 is 47.7. The molecule has 8 atom stereocenters. The van der Waals surface area contributed by atoms with Gasteiger partial charge < -0.3 is 40.3 Å². The largest absolute Gasteiger partial charge is 0.397 e. The summed E-state index contributed by atoms with van der Waals surface area (Å²) in [6, 6.07) is -1.14. The maximum absolute atomic E-state index is 13.2. The molecule has 68 heavy (non-hydrogen) atoms. The Bertz CT molecular complexity index is 1360. The second kappa shape index (κ2) is 44.0. The van der Waals surface area contributed by atoms with Crippen molar-refractivity contribution in [1.82, 2.24) is 5.32 Å².